The normalized spacial score (nSPS) is 10.5. The summed E-state index contributed by atoms with van der Waals surface area (Å²) in [5.41, 5.74) is 8.05. The molecular formula is C15H21N5. The van der Waals surface area contributed by atoms with E-state index < -0.39 is 0 Å². The maximum atomic E-state index is 5.93. The van der Waals surface area contributed by atoms with E-state index in [9.17, 15) is 0 Å². The van der Waals surface area contributed by atoms with Gasteiger partial charge in [0, 0.05) is 30.9 Å². The summed E-state index contributed by atoms with van der Waals surface area (Å²) in [7, 11) is 0. The van der Waals surface area contributed by atoms with Crippen molar-refractivity contribution in [3.05, 3.63) is 41.5 Å². The number of pyridine rings is 1. The lowest BCUT2D eigenvalue weighted by Gasteiger charge is -2.11. The van der Waals surface area contributed by atoms with Crippen LogP contribution in [0, 0.1) is 6.92 Å². The first-order valence-electron chi connectivity index (χ1n) is 6.96. The molecule has 3 N–H and O–H groups in total. The molecule has 20 heavy (non-hydrogen) atoms. The van der Waals surface area contributed by atoms with Gasteiger partial charge in [0.1, 0.15) is 17.5 Å². The molecule has 2 aromatic heterocycles. The van der Waals surface area contributed by atoms with Crippen molar-refractivity contribution in [2.24, 2.45) is 0 Å². The van der Waals surface area contributed by atoms with E-state index in [0.29, 0.717) is 5.82 Å². The van der Waals surface area contributed by atoms with Crippen molar-refractivity contribution in [2.75, 3.05) is 17.6 Å². The van der Waals surface area contributed by atoms with Gasteiger partial charge < -0.3 is 11.1 Å². The molecule has 5 heteroatoms. The average molecular weight is 271 g/mol. The Morgan fingerprint density at radius 2 is 2.10 bits per heavy atom. The number of rotatable bonds is 6. The predicted molar refractivity (Wildman–Crippen MR) is 81.6 cm³/mol. The van der Waals surface area contributed by atoms with Crippen LogP contribution in [0.2, 0.25) is 0 Å². The molecule has 0 aliphatic rings. The van der Waals surface area contributed by atoms with Gasteiger partial charge in [0.05, 0.1) is 0 Å². The molecule has 0 bridgehead atoms. The Hall–Kier alpha value is -2.17. The number of anilines is 2. The Labute approximate surface area is 119 Å². The number of nitrogens with zero attached hydrogens (tertiary/aromatic N) is 3. The first-order valence-corrected chi connectivity index (χ1v) is 6.96. The summed E-state index contributed by atoms with van der Waals surface area (Å²) in [4.78, 5) is 12.9. The van der Waals surface area contributed by atoms with E-state index in [0.717, 1.165) is 43.0 Å². The van der Waals surface area contributed by atoms with Crippen molar-refractivity contribution >= 4 is 11.6 Å². The first-order chi connectivity index (χ1) is 9.70. The summed E-state index contributed by atoms with van der Waals surface area (Å²) in [5.74, 6) is 2.21. The molecule has 0 aliphatic carbocycles. The van der Waals surface area contributed by atoms with Gasteiger partial charge in [-0.05, 0) is 31.4 Å². The van der Waals surface area contributed by atoms with Gasteiger partial charge in [-0.3, -0.25) is 4.98 Å². The summed E-state index contributed by atoms with van der Waals surface area (Å²) in [6.45, 7) is 4.85. The van der Waals surface area contributed by atoms with E-state index in [1.165, 1.54) is 5.56 Å². The standard InChI is InChI=1S/C15H21N5/c1-3-5-13-19-14(16)11(2)15(20-13)18-9-7-12-6-4-8-17-10-12/h4,6,8,10H,3,5,7,9H2,1-2H3,(H3,16,18,19,20). The Balaban J connectivity index is 2.01. The Bertz CT molecular complexity index is 554. The second-order valence-corrected chi connectivity index (χ2v) is 4.79. The van der Waals surface area contributed by atoms with Gasteiger partial charge in [0.25, 0.3) is 0 Å². The van der Waals surface area contributed by atoms with Crippen molar-refractivity contribution in [1.29, 1.82) is 0 Å². The third kappa shape index (κ3) is 3.66. The Kier molecular flexibility index (Phi) is 4.87. The van der Waals surface area contributed by atoms with E-state index in [2.05, 4.69) is 33.3 Å². The molecule has 0 saturated heterocycles. The van der Waals surface area contributed by atoms with Crippen LogP contribution in [-0.4, -0.2) is 21.5 Å². The lowest BCUT2D eigenvalue weighted by Crippen LogP contribution is -2.12. The van der Waals surface area contributed by atoms with Crippen molar-refractivity contribution in [1.82, 2.24) is 15.0 Å². The SMILES string of the molecule is CCCc1nc(N)c(C)c(NCCc2cccnc2)n1. The van der Waals surface area contributed by atoms with E-state index in [1.54, 1.807) is 6.20 Å². The van der Waals surface area contributed by atoms with Crippen molar-refractivity contribution in [3.8, 4) is 0 Å². The average Bonchev–Trinajstić information content (AvgIpc) is 2.45. The van der Waals surface area contributed by atoms with Crippen molar-refractivity contribution < 1.29 is 0 Å². The zero-order valence-electron chi connectivity index (χ0n) is 12.1. The van der Waals surface area contributed by atoms with E-state index in [4.69, 9.17) is 5.73 Å². The number of aryl methyl sites for hydroxylation is 1. The molecule has 2 rings (SSSR count). The van der Waals surface area contributed by atoms with Crippen molar-refractivity contribution in [3.63, 3.8) is 0 Å². The minimum atomic E-state index is 0.562. The summed E-state index contributed by atoms with van der Waals surface area (Å²) in [6.07, 6.45) is 6.42. The van der Waals surface area contributed by atoms with Crippen LogP contribution in [0.4, 0.5) is 11.6 Å². The molecule has 0 saturated carbocycles. The third-order valence-corrected chi connectivity index (χ3v) is 3.13. The second kappa shape index (κ2) is 6.84. The lowest BCUT2D eigenvalue weighted by molar-refractivity contribution is 0.832. The molecule has 0 radical (unpaired) electrons. The van der Waals surface area contributed by atoms with Gasteiger partial charge in [-0.25, -0.2) is 9.97 Å². The molecule has 0 atom stereocenters. The van der Waals surface area contributed by atoms with Crippen LogP contribution in [0.25, 0.3) is 0 Å². The number of hydrogen-bond donors (Lipinski definition) is 2. The zero-order valence-corrected chi connectivity index (χ0v) is 12.1. The van der Waals surface area contributed by atoms with Gasteiger partial charge in [-0.2, -0.15) is 0 Å². The molecule has 0 unspecified atom stereocenters. The van der Waals surface area contributed by atoms with Crippen LogP contribution in [0.1, 0.15) is 30.3 Å². The molecule has 0 spiro atoms. The van der Waals surface area contributed by atoms with Gasteiger partial charge in [-0.15, -0.1) is 0 Å². The summed E-state index contributed by atoms with van der Waals surface area (Å²) in [6, 6.07) is 4.01. The molecule has 2 aromatic rings. The lowest BCUT2D eigenvalue weighted by atomic mass is 10.2. The molecular weight excluding hydrogens is 250 g/mol. The van der Waals surface area contributed by atoms with Crippen LogP contribution < -0.4 is 11.1 Å². The smallest absolute Gasteiger partial charge is 0.134 e. The van der Waals surface area contributed by atoms with Crippen LogP contribution in [0.3, 0.4) is 0 Å². The minimum absolute atomic E-state index is 0.562. The number of nitrogens with one attached hydrogen (secondary N) is 1. The van der Waals surface area contributed by atoms with Gasteiger partial charge in [0.2, 0.25) is 0 Å². The van der Waals surface area contributed by atoms with Crippen LogP contribution in [-0.2, 0) is 12.8 Å². The highest BCUT2D eigenvalue weighted by atomic mass is 15.1. The number of aromatic nitrogens is 3. The molecule has 106 valence electrons. The maximum absolute atomic E-state index is 5.93. The largest absolute Gasteiger partial charge is 0.383 e. The first kappa shape index (κ1) is 14.2. The molecule has 0 aromatic carbocycles. The summed E-state index contributed by atoms with van der Waals surface area (Å²) in [5, 5.41) is 3.34. The fraction of sp³-hybridized carbons (Fsp3) is 0.400. The Morgan fingerprint density at radius 1 is 1.25 bits per heavy atom. The highest BCUT2D eigenvalue weighted by Crippen LogP contribution is 2.17. The molecule has 0 fully saturated rings. The Morgan fingerprint density at radius 3 is 2.80 bits per heavy atom. The number of nitrogens with two attached hydrogens (primary N) is 1. The van der Waals surface area contributed by atoms with Gasteiger partial charge in [0.15, 0.2) is 0 Å². The van der Waals surface area contributed by atoms with Crippen molar-refractivity contribution in [2.45, 2.75) is 33.1 Å². The van der Waals surface area contributed by atoms with Crippen LogP contribution in [0.5, 0.6) is 0 Å². The van der Waals surface area contributed by atoms with E-state index in [1.807, 2.05) is 19.2 Å². The van der Waals surface area contributed by atoms with Crippen LogP contribution in [0.15, 0.2) is 24.5 Å². The third-order valence-electron chi connectivity index (χ3n) is 3.13. The highest BCUT2D eigenvalue weighted by molar-refractivity contribution is 5.54. The van der Waals surface area contributed by atoms with Crippen LogP contribution >= 0.6 is 0 Å². The number of hydrogen-bond acceptors (Lipinski definition) is 5. The van der Waals surface area contributed by atoms with E-state index >= 15 is 0 Å². The van der Waals surface area contributed by atoms with Gasteiger partial charge in [-0.1, -0.05) is 13.0 Å². The predicted octanol–water partition coefficient (Wildman–Crippen LogP) is 2.37. The molecule has 5 nitrogen and oxygen atoms in total. The second-order valence-electron chi connectivity index (χ2n) is 4.79. The molecule has 0 amide bonds. The summed E-state index contributed by atoms with van der Waals surface area (Å²) < 4.78 is 0. The maximum Gasteiger partial charge on any atom is 0.134 e. The fourth-order valence-electron chi connectivity index (χ4n) is 1.96. The number of nitrogen functional groups attached to an aromatic ring is 1. The topological polar surface area (TPSA) is 76.7 Å². The fourth-order valence-corrected chi connectivity index (χ4v) is 1.96. The summed E-state index contributed by atoms with van der Waals surface area (Å²) >= 11 is 0. The van der Waals surface area contributed by atoms with Gasteiger partial charge >= 0.3 is 0 Å². The highest BCUT2D eigenvalue weighted by Gasteiger charge is 2.07. The minimum Gasteiger partial charge on any atom is -0.383 e. The monoisotopic (exact) mass is 271 g/mol. The van der Waals surface area contributed by atoms with E-state index in [-0.39, 0.29) is 0 Å². The molecule has 0 aliphatic heterocycles. The zero-order chi connectivity index (χ0) is 14.4. The quantitative estimate of drug-likeness (QED) is 0.843. The molecule has 2 heterocycles.